The summed E-state index contributed by atoms with van der Waals surface area (Å²) >= 11 is 6.04. The number of nitrogens with zero attached hydrogens (tertiary/aromatic N) is 2. The molecule has 1 amide bonds. The van der Waals surface area contributed by atoms with Crippen LogP contribution in [0.4, 0.5) is 0 Å². The summed E-state index contributed by atoms with van der Waals surface area (Å²) in [6, 6.07) is 24.5. The zero-order valence-corrected chi connectivity index (χ0v) is 47.8. The van der Waals surface area contributed by atoms with Crippen LogP contribution in [0.5, 0.6) is 11.5 Å². The monoisotopic (exact) mass is 1110 g/mol. The Bertz CT molecular complexity index is 2340. The predicted molar refractivity (Wildman–Crippen MR) is 292 cm³/mol. The quantitative estimate of drug-likeness (QED) is 0.0129. The molecular weight excluding hydrogens is 1030 g/mol. The molecule has 1 aliphatic heterocycles. The minimum Gasteiger partial charge on any atom is -0.497 e. The van der Waals surface area contributed by atoms with Crippen LogP contribution in [0.2, 0.25) is 0 Å². The molecule has 0 bridgehead atoms. The number of rotatable bonds is 29. The first kappa shape index (κ1) is 62.5. The van der Waals surface area contributed by atoms with E-state index in [2.05, 4.69) is 60.0 Å². The third-order valence-electron chi connectivity index (χ3n) is 13.1. The highest BCUT2D eigenvalue weighted by Gasteiger charge is 2.52. The zero-order chi connectivity index (χ0) is 56.2. The molecule has 2 aliphatic rings. The van der Waals surface area contributed by atoms with Gasteiger partial charge in [0.05, 0.1) is 38.0 Å². The summed E-state index contributed by atoms with van der Waals surface area (Å²) in [5.41, 5.74) is 1.54. The molecule has 1 saturated heterocycles. The first-order valence-corrected chi connectivity index (χ1v) is 27.4. The van der Waals surface area contributed by atoms with Gasteiger partial charge < -0.3 is 67.2 Å². The topological polar surface area (TPSA) is 201 Å². The van der Waals surface area contributed by atoms with Gasteiger partial charge in [0.2, 0.25) is 12.5 Å². The van der Waals surface area contributed by atoms with Crippen molar-refractivity contribution in [1.82, 2.24) is 15.3 Å². The van der Waals surface area contributed by atoms with Gasteiger partial charge in [-0.05, 0) is 94.3 Å². The third-order valence-corrected chi connectivity index (χ3v) is 15.5. The van der Waals surface area contributed by atoms with Crippen LogP contribution >= 0.6 is 20.7 Å². The minimum atomic E-state index is -1.71. The van der Waals surface area contributed by atoms with E-state index >= 15 is 0 Å². The molecule has 5 rings (SSSR count). The largest absolute Gasteiger partial charge is 0.497 e. The van der Waals surface area contributed by atoms with Crippen LogP contribution in [0.1, 0.15) is 97.8 Å². The van der Waals surface area contributed by atoms with Crippen molar-refractivity contribution in [1.29, 1.82) is 0 Å². The Kier molecular flexibility index (Phi) is 24.9. The fourth-order valence-electron chi connectivity index (χ4n) is 9.84. The first-order valence-electron chi connectivity index (χ1n) is 25.9. The number of unbranched alkanes of at least 4 members (excludes halogenated alkanes) is 1. The van der Waals surface area contributed by atoms with Crippen LogP contribution in [0.25, 0.3) is 4.85 Å². The normalized spacial score (nSPS) is 22.7. The van der Waals surface area contributed by atoms with Crippen LogP contribution < -0.4 is 20.1 Å². The molecule has 422 valence electrons. The second kappa shape index (κ2) is 30.7. The SMILES string of the molecule is [C-]#[N+]CCOP(OC1[C@@H](COC(c2ccccc2)(c2ccc(OC)cc2)c2ccc(OC)cc2)C[C@H](NC(=S)CCCCO[C@@H]2O[C@H](COC(C)=O)[C@H](OC(C)=O)[C@H](OC(C)=O)[C@H]2NC(C)=O)[C@H]1OC)N(C(C)C)C(C)C. The number of carbonyl (C=O) groups excluding carboxylic acids is 4. The molecule has 2 unspecified atom stereocenters. The lowest BCUT2D eigenvalue weighted by molar-refractivity contribution is -0.277. The lowest BCUT2D eigenvalue weighted by Gasteiger charge is -2.44. The molecular formula is C56H77N4O15PS. The maximum absolute atomic E-state index is 12.5. The van der Waals surface area contributed by atoms with Gasteiger partial charge in [-0.2, -0.15) is 0 Å². The highest BCUT2D eigenvalue weighted by atomic mass is 32.1. The van der Waals surface area contributed by atoms with E-state index in [0.29, 0.717) is 42.2 Å². The molecule has 19 nitrogen and oxygen atoms in total. The molecule has 1 saturated carbocycles. The van der Waals surface area contributed by atoms with E-state index in [4.69, 9.17) is 70.5 Å². The molecule has 21 heteroatoms. The Labute approximate surface area is 460 Å². The molecule has 1 heterocycles. The summed E-state index contributed by atoms with van der Waals surface area (Å²) in [4.78, 5) is 53.0. The minimum absolute atomic E-state index is 0.0450. The van der Waals surface area contributed by atoms with E-state index in [1.807, 2.05) is 66.7 Å². The number of benzene rings is 3. The summed E-state index contributed by atoms with van der Waals surface area (Å²) in [6.45, 7) is 21.1. The van der Waals surface area contributed by atoms with Crippen LogP contribution in [0.15, 0.2) is 78.9 Å². The summed E-state index contributed by atoms with van der Waals surface area (Å²) < 4.78 is 69.7. The van der Waals surface area contributed by atoms with Crippen molar-refractivity contribution < 1.29 is 70.9 Å². The smallest absolute Gasteiger partial charge is 0.303 e. The van der Waals surface area contributed by atoms with Crippen molar-refractivity contribution in [2.45, 2.75) is 148 Å². The molecule has 0 aromatic heterocycles. The molecule has 77 heavy (non-hydrogen) atoms. The van der Waals surface area contributed by atoms with Crippen molar-refractivity contribution in [2.75, 3.05) is 54.3 Å². The summed E-state index contributed by atoms with van der Waals surface area (Å²) in [5.74, 6) is -1.37. The summed E-state index contributed by atoms with van der Waals surface area (Å²) in [7, 11) is 3.22. The molecule has 0 radical (unpaired) electrons. The van der Waals surface area contributed by atoms with Crippen LogP contribution in [0, 0.1) is 12.5 Å². The van der Waals surface area contributed by atoms with Crippen LogP contribution in [0.3, 0.4) is 0 Å². The summed E-state index contributed by atoms with van der Waals surface area (Å²) in [5, 5.41) is 6.34. The van der Waals surface area contributed by atoms with Crippen molar-refractivity contribution in [3.8, 4) is 11.5 Å². The van der Waals surface area contributed by atoms with Crippen molar-refractivity contribution in [2.24, 2.45) is 5.92 Å². The fourth-order valence-corrected chi connectivity index (χ4v) is 11.9. The maximum Gasteiger partial charge on any atom is 0.303 e. The maximum atomic E-state index is 12.5. The number of hydrogen-bond donors (Lipinski definition) is 2. The molecule has 2 N–H and O–H groups in total. The Morgan fingerprint density at radius 1 is 0.753 bits per heavy atom. The highest BCUT2D eigenvalue weighted by Crippen LogP contribution is 2.51. The highest BCUT2D eigenvalue weighted by molar-refractivity contribution is 7.80. The number of thiocarbonyl (C=S) groups is 1. The summed E-state index contributed by atoms with van der Waals surface area (Å²) in [6.07, 6.45) is -3.79. The van der Waals surface area contributed by atoms with Crippen molar-refractivity contribution in [3.63, 3.8) is 0 Å². The number of hydrogen-bond acceptors (Lipinski definition) is 17. The van der Waals surface area contributed by atoms with E-state index in [9.17, 15) is 19.2 Å². The van der Waals surface area contributed by atoms with Gasteiger partial charge in [0.15, 0.2) is 18.5 Å². The molecule has 10 atom stereocenters. The van der Waals surface area contributed by atoms with Gasteiger partial charge in [0, 0.05) is 59.4 Å². The zero-order valence-electron chi connectivity index (χ0n) is 46.1. The number of esters is 3. The molecule has 0 spiro atoms. The van der Waals surface area contributed by atoms with Gasteiger partial charge in [-0.15, -0.1) is 0 Å². The molecule has 3 aromatic carbocycles. The lowest BCUT2D eigenvalue weighted by Crippen LogP contribution is -2.66. The number of methoxy groups -OCH3 is 3. The number of carbonyl (C=O) groups is 4. The second-order valence-electron chi connectivity index (χ2n) is 19.3. The van der Waals surface area contributed by atoms with Crippen molar-refractivity contribution >= 4 is 49.5 Å². The van der Waals surface area contributed by atoms with Gasteiger partial charge in [0.25, 0.3) is 8.53 Å². The van der Waals surface area contributed by atoms with Crippen molar-refractivity contribution in [3.05, 3.63) is 107 Å². The van der Waals surface area contributed by atoms with Gasteiger partial charge in [0.1, 0.15) is 48.6 Å². The van der Waals surface area contributed by atoms with Gasteiger partial charge in [-0.25, -0.2) is 11.2 Å². The van der Waals surface area contributed by atoms with Gasteiger partial charge >= 0.3 is 17.9 Å². The van der Waals surface area contributed by atoms with Crippen LogP contribution in [-0.2, 0) is 67.0 Å². The Morgan fingerprint density at radius 3 is 1.86 bits per heavy atom. The first-order chi connectivity index (χ1) is 36.9. The molecule has 2 fully saturated rings. The van der Waals surface area contributed by atoms with Gasteiger partial charge in [-0.3, -0.25) is 19.2 Å². The molecule has 1 aliphatic carbocycles. The average molecular weight is 1110 g/mol. The Hall–Kier alpha value is -5.33. The van der Waals surface area contributed by atoms with E-state index in [1.165, 1.54) is 27.7 Å². The number of amides is 1. The van der Waals surface area contributed by atoms with E-state index in [-0.39, 0.29) is 57.0 Å². The second-order valence-corrected chi connectivity index (χ2v) is 21.2. The standard InChI is InChI=1S/C56H77N4O15PS/c1-35(2)60(36(3)4)76(71-31-29-57-9)75-51-41(33-70-56(42-18-14-13-15-19-42,43-21-25-45(65-10)26-22-43)44-23-27-46(66-11)28-24-44)32-47(52(51)67-12)59-49(77)20-16-17-30-68-55-50(58-37(5)61)54(73-40(8)64)53(72-39(7)63)48(74-55)34-69-38(6)62/h13-15,18-19,21-28,35-36,41,47-48,50-55H,16-17,20,29-34H2,1-8,10-12H3,(H,58,61)(H,59,77)/t41-,47+,48-,50-,51?,52-,53+,54-,55-,76?/m1/s1. The fraction of sp³-hybridized carbons (Fsp3) is 0.571. The number of nitrogens with one attached hydrogen (secondary N) is 2. The van der Waals surface area contributed by atoms with E-state index in [0.717, 1.165) is 16.7 Å². The average Bonchev–Trinajstić information content (AvgIpc) is 3.74. The lowest BCUT2D eigenvalue weighted by atomic mass is 9.79. The molecule has 3 aromatic rings. The Balaban J connectivity index is 1.41. The third kappa shape index (κ3) is 17.3. The van der Waals surface area contributed by atoms with E-state index < -0.39 is 80.8 Å². The van der Waals surface area contributed by atoms with Gasteiger partial charge in [-0.1, -0.05) is 66.8 Å². The van der Waals surface area contributed by atoms with Crippen LogP contribution in [-0.4, -0.2) is 149 Å². The Morgan fingerprint density at radius 2 is 1.34 bits per heavy atom. The number of ether oxygens (including phenoxy) is 9. The predicted octanol–water partition coefficient (Wildman–Crippen LogP) is 7.84. The van der Waals surface area contributed by atoms with E-state index in [1.54, 1.807) is 21.3 Å².